The predicted octanol–water partition coefficient (Wildman–Crippen LogP) is 4.13. The van der Waals surface area contributed by atoms with Crippen molar-refractivity contribution in [2.75, 3.05) is 25.0 Å². The molecule has 1 unspecified atom stereocenters. The maximum absolute atomic E-state index is 14.5. The summed E-state index contributed by atoms with van der Waals surface area (Å²) >= 11 is 12.0. The van der Waals surface area contributed by atoms with Crippen LogP contribution in [-0.2, 0) is 20.0 Å². The van der Waals surface area contributed by atoms with E-state index < -0.39 is 35.7 Å². The molecule has 1 aromatic carbocycles. The Morgan fingerprint density at radius 1 is 1.25 bits per heavy atom. The minimum absolute atomic E-state index is 0.0315. The lowest BCUT2D eigenvalue weighted by Crippen LogP contribution is -2.68. The summed E-state index contributed by atoms with van der Waals surface area (Å²) in [6.07, 6.45) is -5.06. The summed E-state index contributed by atoms with van der Waals surface area (Å²) in [7, 11) is 0. The Balaban J connectivity index is 1.34. The summed E-state index contributed by atoms with van der Waals surface area (Å²) in [4.78, 5) is 43.3. The van der Waals surface area contributed by atoms with Crippen LogP contribution in [-0.4, -0.2) is 58.2 Å². The Hall–Kier alpha value is -2.73. The van der Waals surface area contributed by atoms with E-state index in [1.54, 1.807) is 0 Å². The topological polar surface area (TPSA) is 106 Å². The zero-order valence-corrected chi connectivity index (χ0v) is 20.7. The summed E-state index contributed by atoms with van der Waals surface area (Å²) < 4.78 is 49.4. The molecule has 1 saturated heterocycles. The number of halogens is 5. The molecular formula is C22H22Cl2F3N5O4. The van der Waals surface area contributed by atoms with Gasteiger partial charge in [0, 0.05) is 24.4 Å². The number of hydrogen-bond donors (Lipinski definition) is 2. The molecular weight excluding hydrogens is 526 g/mol. The van der Waals surface area contributed by atoms with Crippen LogP contribution in [0.2, 0.25) is 10.0 Å². The smallest absolute Gasteiger partial charge is 0.440 e. The van der Waals surface area contributed by atoms with Crippen molar-refractivity contribution in [1.29, 1.82) is 0 Å². The molecule has 2 aliphatic heterocycles. The standard InChI is InChI=1S/C22H22Cl2F3N5O4/c1-10(2)7-36-19(35)31-8-20(9-31)5-11(6-20)16(33)30-21(22(25,26)27)17(34)29-18-28-14-3-12(23)13(24)4-15(14)32(18)21/h3-4,10-11H,5-9H2,1-2H3,(H,30,33)(H,28,29,34). The maximum Gasteiger partial charge on any atom is 0.440 e. The number of imidazole rings is 1. The number of hydrogen-bond acceptors (Lipinski definition) is 5. The van der Waals surface area contributed by atoms with E-state index in [4.69, 9.17) is 27.9 Å². The summed E-state index contributed by atoms with van der Waals surface area (Å²) in [5, 5.41) is 4.13. The average molecular weight is 548 g/mol. The highest BCUT2D eigenvalue weighted by Crippen LogP contribution is 2.53. The van der Waals surface area contributed by atoms with Gasteiger partial charge in [0.2, 0.25) is 11.9 Å². The first-order chi connectivity index (χ1) is 16.8. The molecule has 1 saturated carbocycles. The van der Waals surface area contributed by atoms with Gasteiger partial charge in [0.25, 0.3) is 11.6 Å². The Morgan fingerprint density at radius 2 is 1.89 bits per heavy atom. The van der Waals surface area contributed by atoms with Crippen LogP contribution in [0.5, 0.6) is 0 Å². The van der Waals surface area contributed by atoms with E-state index in [0.717, 1.165) is 0 Å². The van der Waals surface area contributed by atoms with E-state index in [0.29, 0.717) is 30.5 Å². The molecule has 5 rings (SSSR count). The molecule has 194 valence electrons. The SMILES string of the molecule is CC(C)COC(=O)N1CC2(CC(C(=O)NC3(C(F)(F)F)C(=O)Nc4nc5cc(Cl)c(Cl)cc5n43)C2)C1. The van der Waals surface area contributed by atoms with Crippen molar-refractivity contribution in [2.45, 2.75) is 38.5 Å². The molecule has 2 fully saturated rings. The highest BCUT2D eigenvalue weighted by atomic mass is 35.5. The van der Waals surface area contributed by atoms with Crippen LogP contribution in [0.15, 0.2) is 12.1 Å². The highest BCUT2D eigenvalue weighted by molar-refractivity contribution is 6.42. The van der Waals surface area contributed by atoms with E-state index in [1.807, 2.05) is 19.2 Å². The van der Waals surface area contributed by atoms with Gasteiger partial charge in [-0.2, -0.15) is 13.2 Å². The number of carbonyl (C=O) groups is 3. The molecule has 1 aliphatic carbocycles. The van der Waals surface area contributed by atoms with E-state index in [-0.39, 0.29) is 45.0 Å². The molecule has 9 nitrogen and oxygen atoms in total. The minimum atomic E-state index is -5.20. The lowest BCUT2D eigenvalue weighted by Gasteiger charge is -2.58. The number of carbonyl (C=O) groups excluding carboxylic acids is 3. The fraction of sp³-hybridized carbons (Fsp3) is 0.545. The van der Waals surface area contributed by atoms with Gasteiger partial charge in [-0.15, -0.1) is 0 Å². The van der Waals surface area contributed by atoms with Crippen LogP contribution in [0.1, 0.15) is 26.7 Å². The van der Waals surface area contributed by atoms with Crippen LogP contribution < -0.4 is 10.6 Å². The Kier molecular flexibility index (Phi) is 5.64. The van der Waals surface area contributed by atoms with Crippen LogP contribution >= 0.6 is 23.2 Å². The van der Waals surface area contributed by atoms with Crippen molar-refractivity contribution in [3.8, 4) is 0 Å². The van der Waals surface area contributed by atoms with Crippen LogP contribution in [0.25, 0.3) is 11.0 Å². The lowest BCUT2D eigenvalue weighted by atomic mass is 9.57. The van der Waals surface area contributed by atoms with Gasteiger partial charge >= 0.3 is 12.3 Å². The molecule has 3 heterocycles. The van der Waals surface area contributed by atoms with Gasteiger partial charge in [0.05, 0.1) is 27.7 Å². The number of alkyl halides is 3. The molecule has 3 amide bonds. The van der Waals surface area contributed by atoms with Gasteiger partial charge < -0.3 is 15.0 Å². The summed E-state index contributed by atoms with van der Waals surface area (Å²) in [5.74, 6) is -3.33. The average Bonchev–Trinajstić information content (AvgIpc) is 3.18. The Morgan fingerprint density at radius 3 is 2.50 bits per heavy atom. The van der Waals surface area contributed by atoms with Gasteiger partial charge in [-0.1, -0.05) is 37.0 Å². The summed E-state index contributed by atoms with van der Waals surface area (Å²) in [5.41, 5.74) is -3.78. The second kappa shape index (κ2) is 8.14. The summed E-state index contributed by atoms with van der Waals surface area (Å²) in [6, 6.07) is 2.45. The van der Waals surface area contributed by atoms with Crippen LogP contribution in [0, 0.1) is 17.3 Å². The maximum atomic E-state index is 14.5. The minimum Gasteiger partial charge on any atom is -0.449 e. The van der Waals surface area contributed by atoms with Crippen molar-refractivity contribution in [2.24, 2.45) is 17.3 Å². The second-order valence-corrected chi connectivity index (χ2v) is 10.9. The number of fused-ring (bicyclic) bond motifs is 3. The number of likely N-dealkylation sites (tertiary alicyclic amines) is 1. The predicted molar refractivity (Wildman–Crippen MR) is 123 cm³/mol. The summed E-state index contributed by atoms with van der Waals surface area (Å²) in [6.45, 7) is 4.86. The van der Waals surface area contributed by atoms with E-state index in [1.165, 1.54) is 17.0 Å². The van der Waals surface area contributed by atoms with Gasteiger partial charge in [-0.3, -0.25) is 19.5 Å². The molecule has 1 spiro atoms. The number of amides is 3. The largest absolute Gasteiger partial charge is 0.449 e. The first-order valence-corrected chi connectivity index (χ1v) is 12.0. The zero-order valence-electron chi connectivity index (χ0n) is 19.2. The fourth-order valence-electron chi connectivity index (χ4n) is 5.16. The van der Waals surface area contributed by atoms with Gasteiger partial charge in [-0.25, -0.2) is 9.78 Å². The molecule has 14 heteroatoms. The number of benzene rings is 1. The number of nitrogens with zero attached hydrogens (tertiary/aromatic N) is 3. The number of anilines is 1. The monoisotopic (exact) mass is 547 g/mol. The first-order valence-electron chi connectivity index (χ1n) is 11.3. The second-order valence-electron chi connectivity index (χ2n) is 10.1. The normalized spacial score (nSPS) is 22.9. The molecule has 2 aromatic rings. The van der Waals surface area contributed by atoms with Gasteiger partial charge in [-0.05, 0) is 30.9 Å². The van der Waals surface area contributed by atoms with Gasteiger partial charge in [0.1, 0.15) is 0 Å². The molecule has 36 heavy (non-hydrogen) atoms. The van der Waals surface area contributed by atoms with Crippen molar-refractivity contribution >= 4 is 58.1 Å². The van der Waals surface area contributed by atoms with E-state index >= 15 is 0 Å². The van der Waals surface area contributed by atoms with E-state index in [9.17, 15) is 27.6 Å². The van der Waals surface area contributed by atoms with Crippen LogP contribution in [0.4, 0.5) is 23.9 Å². The third-order valence-electron chi connectivity index (χ3n) is 6.88. The number of nitrogens with one attached hydrogen (secondary N) is 2. The number of ether oxygens (including phenoxy) is 1. The van der Waals surface area contributed by atoms with Crippen molar-refractivity contribution in [3.05, 3.63) is 22.2 Å². The first kappa shape index (κ1) is 24.9. The highest BCUT2D eigenvalue weighted by Gasteiger charge is 2.68. The van der Waals surface area contributed by atoms with Crippen LogP contribution in [0.3, 0.4) is 0 Å². The van der Waals surface area contributed by atoms with Crippen molar-refractivity contribution in [3.63, 3.8) is 0 Å². The molecule has 1 aromatic heterocycles. The molecule has 0 radical (unpaired) electrons. The third kappa shape index (κ3) is 3.68. The Bertz CT molecular complexity index is 1280. The lowest BCUT2D eigenvalue weighted by molar-refractivity contribution is -0.219. The fourth-order valence-corrected chi connectivity index (χ4v) is 5.48. The van der Waals surface area contributed by atoms with Crippen molar-refractivity contribution < 1.29 is 32.3 Å². The molecule has 2 N–H and O–H groups in total. The van der Waals surface area contributed by atoms with Crippen molar-refractivity contribution in [1.82, 2.24) is 19.8 Å². The molecule has 0 bridgehead atoms. The van der Waals surface area contributed by atoms with Gasteiger partial charge in [0.15, 0.2) is 0 Å². The Labute approximate surface area is 213 Å². The third-order valence-corrected chi connectivity index (χ3v) is 7.60. The number of rotatable bonds is 4. The quantitative estimate of drug-likeness (QED) is 0.598. The molecule has 1 atom stereocenters. The number of aromatic nitrogens is 2. The van der Waals surface area contributed by atoms with E-state index in [2.05, 4.69) is 10.3 Å². The molecule has 3 aliphatic rings. The zero-order chi connectivity index (χ0) is 26.2.